The van der Waals surface area contributed by atoms with E-state index in [0.29, 0.717) is 16.7 Å². The van der Waals surface area contributed by atoms with Crippen LogP contribution in [-0.4, -0.2) is 10.9 Å². The Bertz CT molecular complexity index is 729. The molecule has 3 nitrogen and oxygen atoms in total. The van der Waals surface area contributed by atoms with Crippen molar-refractivity contribution in [3.63, 3.8) is 0 Å². The highest BCUT2D eigenvalue weighted by molar-refractivity contribution is 6.32. The van der Waals surface area contributed by atoms with Crippen molar-refractivity contribution in [1.29, 1.82) is 5.26 Å². The number of halogens is 1. The number of hydrogen-bond acceptors (Lipinski definition) is 3. The van der Waals surface area contributed by atoms with Gasteiger partial charge in [-0.1, -0.05) is 35.9 Å². The molecule has 0 aromatic heterocycles. The molecular formula is C16H10ClNO2. The molecule has 0 aliphatic rings. The Morgan fingerprint density at radius 3 is 2.75 bits per heavy atom. The lowest BCUT2D eigenvalue weighted by Crippen LogP contribution is -1.94. The summed E-state index contributed by atoms with van der Waals surface area (Å²) in [5.74, 6) is -0.205. The van der Waals surface area contributed by atoms with E-state index in [1.807, 2.05) is 6.07 Å². The highest BCUT2D eigenvalue weighted by Gasteiger charge is 2.03. The van der Waals surface area contributed by atoms with Crippen LogP contribution in [0.1, 0.15) is 21.5 Å². The molecule has 0 heterocycles. The largest absolute Gasteiger partial charge is 0.506 e. The number of nitrogens with zero attached hydrogens (tertiary/aromatic N) is 1. The van der Waals surface area contributed by atoms with Crippen LogP contribution in [-0.2, 0) is 0 Å². The summed E-state index contributed by atoms with van der Waals surface area (Å²) in [7, 11) is 0. The first kappa shape index (κ1) is 13.9. The molecule has 2 aromatic carbocycles. The predicted octanol–water partition coefficient (Wildman–Crippen LogP) is 3.81. The van der Waals surface area contributed by atoms with Crippen molar-refractivity contribution >= 4 is 23.5 Å². The predicted molar refractivity (Wildman–Crippen MR) is 77.6 cm³/mol. The fourth-order valence-electron chi connectivity index (χ4n) is 1.64. The first-order valence-electron chi connectivity index (χ1n) is 5.81. The van der Waals surface area contributed by atoms with Crippen molar-refractivity contribution in [2.45, 2.75) is 0 Å². The Morgan fingerprint density at radius 2 is 2.05 bits per heavy atom. The molecule has 20 heavy (non-hydrogen) atoms. The second-order valence-corrected chi connectivity index (χ2v) is 4.51. The molecule has 98 valence electrons. The first-order chi connectivity index (χ1) is 9.60. The fourth-order valence-corrected chi connectivity index (χ4v) is 1.83. The van der Waals surface area contributed by atoms with Crippen LogP contribution in [0.15, 0.2) is 48.5 Å². The normalized spacial score (nSPS) is 10.4. The summed E-state index contributed by atoms with van der Waals surface area (Å²) in [6.07, 6.45) is 3.01. The lowest BCUT2D eigenvalue weighted by Gasteiger charge is -1.99. The van der Waals surface area contributed by atoms with Crippen LogP contribution in [0, 0.1) is 11.3 Å². The minimum Gasteiger partial charge on any atom is -0.506 e. The Kier molecular flexibility index (Phi) is 4.19. The number of ketones is 1. The van der Waals surface area contributed by atoms with Gasteiger partial charge in [0.1, 0.15) is 5.75 Å². The number of carbonyl (C=O) groups is 1. The topological polar surface area (TPSA) is 61.1 Å². The number of carbonyl (C=O) groups excluding carboxylic acids is 1. The van der Waals surface area contributed by atoms with Crippen LogP contribution in [0.25, 0.3) is 6.08 Å². The van der Waals surface area contributed by atoms with Crippen LogP contribution in [0.5, 0.6) is 5.75 Å². The van der Waals surface area contributed by atoms with Gasteiger partial charge in [-0.25, -0.2) is 0 Å². The number of allylic oxidation sites excluding steroid dienone is 1. The van der Waals surface area contributed by atoms with E-state index in [4.69, 9.17) is 16.9 Å². The van der Waals surface area contributed by atoms with Gasteiger partial charge in [0.25, 0.3) is 0 Å². The molecule has 0 amide bonds. The lowest BCUT2D eigenvalue weighted by molar-refractivity contribution is 0.104. The summed E-state index contributed by atoms with van der Waals surface area (Å²) < 4.78 is 0. The third-order valence-corrected chi connectivity index (χ3v) is 2.98. The third kappa shape index (κ3) is 3.25. The molecule has 0 saturated heterocycles. The van der Waals surface area contributed by atoms with E-state index in [1.165, 1.54) is 18.2 Å². The summed E-state index contributed by atoms with van der Waals surface area (Å²) in [5.41, 5.74) is 1.60. The molecule has 2 aromatic rings. The molecule has 0 saturated carbocycles. The summed E-state index contributed by atoms with van der Waals surface area (Å²) in [4.78, 5) is 12.0. The average molecular weight is 284 g/mol. The molecule has 0 atom stereocenters. The molecule has 1 N–H and O–H groups in total. The van der Waals surface area contributed by atoms with E-state index in [2.05, 4.69) is 0 Å². The molecule has 2 rings (SSSR count). The monoisotopic (exact) mass is 283 g/mol. The van der Waals surface area contributed by atoms with Crippen molar-refractivity contribution in [1.82, 2.24) is 0 Å². The van der Waals surface area contributed by atoms with Crippen molar-refractivity contribution in [3.8, 4) is 11.8 Å². The van der Waals surface area contributed by atoms with Gasteiger partial charge in [0.15, 0.2) is 5.78 Å². The van der Waals surface area contributed by atoms with Crippen LogP contribution >= 0.6 is 11.6 Å². The standard InChI is InChI=1S/C16H10ClNO2/c17-14-9-11(5-7-16(14)20)4-6-15(19)13-3-1-2-12(8-13)10-18/h1-9,20H/b6-4+. The van der Waals surface area contributed by atoms with Gasteiger partial charge in [-0.3, -0.25) is 4.79 Å². The van der Waals surface area contributed by atoms with Gasteiger partial charge >= 0.3 is 0 Å². The summed E-state index contributed by atoms with van der Waals surface area (Å²) in [6.45, 7) is 0. The average Bonchev–Trinajstić information content (AvgIpc) is 2.48. The number of hydrogen-bond donors (Lipinski definition) is 1. The van der Waals surface area contributed by atoms with Crippen LogP contribution in [0.4, 0.5) is 0 Å². The number of phenolic OH excluding ortho intramolecular Hbond substituents is 1. The molecule has 0 radical (unpaired) electrons. The number of phenols is 1. The van der Waals surface area contributed by atoms with Crippen LogP contribution in [0.2, 0.25) is 5.02 Å². The van der Waals surface area contributed by atoms with Crippen LogP contribution < -0.4 is 0 Å². The molecular weight excluding hydrogens is 274 g/mol. The van der Waals surface area contributed by atoms with Crippen molar-refractivity contribution in [2.24, 2.45) is 0 Å². The summed E-state index contributed by atoms with van der Waals surface area (Å²) in [6, 6.07) is 13.2. The van der Waals surface area contributed by atoms with E-state index in [-0.39, 0.29) is 16.6 Å². The van der Waals surface area contributed by atoms with E-state index in [9.17, 15) is 9.90 Å². The zero-order valence-corrected chi connectivity index (χ0v) is 11.1. The first-order valence-corrected chi connectivity index (χ1v) is 6.19. The van der Waals surface area contributed by atoms with Gasteiger partial charge in [-0.15, -0.1) is 0 Å². The molecule has 0 aliphatic heterocycles. The van der Waals surface area contributed by atoms with Crippen molar-refractivity contribution in [2.75, 3.05) is 0 Å². The van der Waals surface area contributed by atoms with Gasteiger partial charge in [0, 0.05) is 5.56 Å². The van der Waals surface area contributed by atoms with Crippen molar-refractivity contribution in [3.05, 3.63) is 70.3 Å². The maximum absolute atomic E-state index is 12.0. The minimum absolute atomic E-state index is 0.00290. The molecule has 0 aliphatic carbocycles. The lowest BCUT2D eigenvalue weighted by atomic mass is 10.1. The molecule has 0 unspecified atom stereocenters. The summed E-state index contributed by atoms with van der Waals surface area (Å²) >= 11 is 5.78. The Labute approximate surface area is 121 Å². The van der Waals surface area contributed by atoms with Crippen molar-refractivity contribution < 1.29 is 9.90 Å². The number of rotatable bonds is 3. The molecule has 4 heteroatoms. The van der Waals surface area contributed by atoms with Gasteiger partial charge in [-0.05, 0) is 35.9 Å². The van der Waals surface area contributed by atoms with E-state index >= 15 is 0 Å². The SMILES string of the molecule is N#Cc1cccc(C(=O)/C=C/c2ccc(O)c(Cl)c2)c1. The van der Waals surface area contributed by atoms with E-state index in [0.717, 1.165) is 0 Å². The highest BCUT2D eigenvalue weighted by atomic mass is 35.5. The van der Waals surface area contributed by atoms with Gasteiger partial charge in [-0.2, -0.15) is 5.26 Å². The van der Waals surface area contributed by atoms with E-state index < -0.39 is 0 Å². The highest BCUT2D eigenvalue weighted by Crippen LogP contribution is 2.24. The quantitative estimate of drug-likeness (QED) is 0.688. The van der Waals surface area contributed by atoms with Gasteiger partial charge in [0.2, 0.25) is 0 Å². The molecule has 0 spiro atoms. The number of benzene rings is 2. The van der Waals surface area contributed by atoms with Gasteiger partial charge in [0.05, 0.1) is 16.7 Å². The Morgan fingerprint density at radius 1 is 1.25 bits per heavy atom. The zero-order chi connectivity index (χ0) is 14.5. The smallest absolute Gasteiger partial charge is 0.185 e. The second-order valence-electron chi connectivity index (χ2n) is 4.10. The van der Waals surface area contributed by atoms with Crippen LogP contribution in [0.3, 0.4) is 0 Å². The Balaban J connectivity index is 2.20. The Hall–Kier alpha value is -2.57. The fraction of sp³-hybridized carbons (Fsp3) is 0. The maximum Gasteiger partial charge on any atom is 0.185 e. The van der Waals surface area contributed by atoms with E-state index in [1.54, 1.807) is 36.4 Å². The summed E-state index contributed by atoms with van der Waals surface area (Å²) in [5, 5.41) is 18.3. The zero-order valence-electron chi connectivity index (χ0n) is 10.4. The maximum atomic E-state index is 12.0. The molecule has 0 fully saturated rings. The third-order valence-electron chi connectivity index (χ3n) is 2.68. The number of nitriles is 1. The number of aromatic hydroxyl groups is 1. The molecule has 0 bridgehead atoms. The minimum atomic E-state index is -0.203. The van der Waals surface area contributed by atoms with Gasteiger partial charge < -0.3 is 5.11 Å². The second kappa shape index (κ2) is 6.05.